The molecular formula is C17H26N2O. The molecule has 20 heavy (non-hydrogen) atoms. The molecule has 0 aromatic carbocycles. The highest BCUT2D eigenvalue weighted by atomic mass is 16.5. The second kappa shape index (κ2) is 5.82. The van der Waals surface area contributed by atoms with E-state index in [9.17, 15) is 0 Å². The van der Waals surface area contributed by atoms with Crippen molar-refractivity contribution in [2.75, 3.05) is 6.61 Å². The van der Waals surface area contributed by atoms with Gasteiger partial charge in [-0.1, -0.05) is 19.8 Å². The van der Waals surface area contributed by atoms with Crippen LogP contribution in [0.3, 0.4) is 0 Å². The van der Waals surface area contributed by atoms with E-state index in [1.807, 2.05) is 12.4 Å². The third kappa shape index (κ3) is 2.61. The summed E-state index contributed by atoms with van der Waals surface area (Å²) in [6.07, 6.45) is 12.2. The van der Waals surface area contributed by atoms with Gasteiger partial charge in [-0.15, -0.1) is 0 Å². The lowest BCUT2D eigenvalue weighted by molar-refractivity contribution is -0.0964. The number of ether oxygens (including phenoxy) is 1. The maximum Gasteiger partial charge on any atom is 0.0685 e. The fraction of sp³-hybridized carbons (Fsp3) is 0.706. The molecule has 3 heteroatoms. The van der Waals surface area contributed by atoms with E-state index in [1.165, 1.54) is 36.8 Å². The zero-order valence-electron chi connectivity index (χ0n) is 12.5. The van der Waals surface area contributed by atoms with Crippen molar-refractivity contribution in [1.29, 1.82) is 0 Å². The molecular weight excluding hydrogens is 248 g/mol. The SMILES string of the molecule is CCc1cnccc1C(N)C1CCOC2(CCCC2)C1. The third-order valence-electron chi connectivity index (χ3n) is 5.24. The van der Waals surface area contributed by atoms with Crippen LogP contribution in [0.25, 0.3) is 0 Å². The first-order chi connectivity index (χ1) is 9.74. The number of aromatic nitrogens is 1. The van der Waals surface area contributed by atoms with Crippen molar-refractivity contribution < 1.29 is 4.74 Å². The lowest BCUT2D eigenvalue weighted by Crippen LogP contribution is -2.40. The lowest BCUT2D eigenvalue weighted by atomic mass is 9.78. The van der Waals surface area contributed by atoms with Gasteiger partial charge in [-0.3, -0.25) is 4.98 Å². The standard InChI is InChI=1S/C17H26N2O/c1-2-13-12-19-9-5-15(13)16(18)14-6-10-20-17(11-14)7-3-4-8-17/h5,9,12,14,16H,2-4,6-8,10-11,18H2,1H3. The summed E-state index contributed by atoms with van der Waals surface area (Å²) in [5.41, 5.74) is 9.36. The Hall–Kier alpha value is -0.930. The summed E-state index contributed by atoms with van der Waals surface area (Å²) in [6, 6.07) is 2.25. The predicted octanol–water partition coefficient (Wildman–Crippen LogP) is 3.38. The van der Waals surface area contributed by atoms with Crippen LogP contribution >= 0.6 is 0 Å². The zero-order valence-corrected chi connectivity index (χ0v) is 12.5. The summed E-state index contributed by atoms with van der Waals surface area (Å²) in [5, 5.41) is 0. The van der Waals surface area contributed by atoms with Crippen molar-refractivity contribution in [1.82, 2.24) is 4.98 Å². The van der Waals surface area contributed by atoms with Crippen LogP contribution in [0.4, 0.5) is 0 Å². The average Bonchev–Trinajstić information content (AvgIpc) is 2.94. The molecule has 0 amide bonds. The lowest BCUT2D eigenvalue weighted by Gasteiger charge is -2.40. The number of nitrogens with zero attached hydrogens (tertiary/aromatic N) is 1. The second-order valence-corrected chi connectivity index (χ2v) is 6.45. The molecule has 2 fully saturated rings. The van der Waals surface area contributed by atoms with Gasteiger partial charge in [0, 0.05) is 25.0 Å². The Labute approximate surface area is 121 Å². The molecule has 2 N–H and O–H groups in total. The van der Waals surface area contributed by atoms with Crippen molar-refractivity contribution in [2.24, 2.45) is 11.7 Å². The largest absolute Gasteiger partial charge is 0.375 e. The van der Waals surface area contributed by atoms with E-state index in [0.29, 0.717) is 5.92 Å². The molecule has 2 heterocycles. The number of aryl methyl sites for hydroxylation is 1. The first kappa shape index (κ1) is 14.0. The maximum atomic E-state index is 6.61. The summed E-state index contributed by atoms with van der Waals surface area (Å²) in [5.74, 6) is 0.551. The minimum atomic E-state index is 0.134. The minimum Gasteiger partial charge on any atom is -0.375 e. The Morgan fingerprint density at radius 3 is 3.00 bits per heavy atom. The van der Waals surface area contributed by atoms with E-state index in [0.717, 1.165) is 25.9 Å². The molecule has 110 valence electrons. The van der Waals surface area contributed by atoms with E-state index in [4.69, 9.17) is 10.5 Å². The van der Waals surface area contributed by atoms with Crippen molar-refractivity contribution in [2.45, 2.75) is 63.5 Å². The van der Waals surface area contributed by atoms with Crippen LogP contribution in [0.5, 0.6) is 0 Å². The maximum absolute atomic E-state index is 6.61. The Morgan fingerprint density at radius 1 is 1.45 bits per heavy atom. The normalized spacial score (nSPS) is 26.8. The fourth-order valence-corrected chi connectivity index (χ4v) is 4.05. The molecule has 2 atom stereocenters. The van der Waals surface area contributed by atoms with Crippen LogP contribution in [0, 0.1) is 5.92 Å². The average molecular weight is 274 g/mol. The van der Waals surface area contributed by atoms with Crippen molar-refractivity contribution in [3.05, 3.63) is 29.6 Å². The molecule has 3 rings (SSSR count). The zero-order chi connectivity index (χ0) is 14.0. The highest BCUT2D eigenvalue weighted by Gasteiger charge is 2.41. The van der Waals surface area contributed by atoms with Crippen LogP contribution in [0.15, 0.2) is 18.5 Å². The van der Waals surface area contributed by atoms with E-state index in [1.54, 1.807) is 0 Å². The van der Waals surface area contributed by atoms with Gasteiger partial charge in [0.15, 0.2) is 0 Å². The second-order valence-electron chi connectivity index (χ2n) is 6.45. The van der Waals surface area contributed by atoms with E-state index < -0.39 is 0 Å². The smallest absolute Gasteiger partial charge is 0.0685 e. The molecule has 1 aliphatic heterocycles. The minimum absolute atomic E-state index is 0.134. The topological polar surface area (TPSA) is 48.1 Å². The van der Waals surface area contributed by atoms with Crippen molar-refractivity contribution in [3.8, 4) is 0 Å². The van der Waals surface area contributed by atoms with Gasteiger partial charge in [-0.05, 0) is 55.2 Å². The van der Waals surface area contributed by atoms with Crippen molar-refractivity contribution in [3.63, 3.8) is 0 Å². The van der Waals surface area contributed by atoms with Crippen LogP contribution in [-0.2, 0) is 11.2 Å². The first-order valence-corrected chi connectivity index (χ1v) is 8.06. The van der Waals surface area contributed by atoms with Gasteiger partial charge in [-0.25, -0.2) is 0 Å². The molecule has 0 radical (unpaired) electrons. The van der Waals surface area contributed by atoms with Gasteiger partial charge in [0.05, 0.1) is 5.60 Å². The number of hydrogen-bond acceptors (Lipinski definition) is 3. The Bertz CT molecular complexity index is 454. The highest BCUT2D eigenvalue weighted by molar-refractivity contribution is 5.27. The monoisotopic (exact) mass is 274 g/mol. The van der Waals surface area contributed by atoms with E-state index in [-0.39, 0.29) is 11.6 Å². The molecule has 1 aromatic heterocycles. The molecule has 1 saturated carbocycles. The van der Waals surface area contributed by atoms with Gasteiger partial charge in [-0.2, -0.15) is 0 Å². The molecule has 1 saturated heterocycles. The summed E-state index contributed by atoms with van der Waals surface area (Å²) in [6.45, 7) is 3.06. The van der Waals surface area contributed by atoms with Crippen LogP contribution in [0.2, 0.25) is 0 Å². The molecule has 1 aliphatic carbocycles. The van der Waals surface area contributed by atoms with Crippen molar-refractivity contribution >= 4 is 0 Å². The van der Waals surface area contributed by atoms with Crippen LogP contribution < -0.4 is 5.73 Å². The Morgan fingerprint density at radius 2 is 2.25 bits per heavy atom. The van der Waals surface area contributed by atoms with Gasteiger partial charge in [0.2, 0.25) is 0 Å². The Kier molecular flexibility index (Phi) is 4.08. The number of hydrogen-bond donors (Lipinski definition) is 1. The summed E-state index contributed by atoms with van der Waals surface area (Å²) in [4.78, 5) is 4.23. The molecule has 1 spiro atoms. The van der Waals surface area contributed by atoms with Gasteiger partial charge >= 0.3 is 0 Å². The quantitative estimate of drug-likeness (QED) is 0.919. The third-order valence-corrected chi connectivity index (χ3v) is 5.24. The van der Waals surface area contributed by atoms with Gasteiger partial charge < -0.3 is 10.5 Å². The molecule has 2 aliphatic rings. The number of nitrogens with two attached hydrogens (primary N) is 1. The first-order valence-electron chi connectivity index (χ1n) is 8.06. The van der Waals surface area contributed by atoms with Gasteiger partial charge in [0.1, 0.15) is 0 Å². The number of pyridine rings is 1. The number of rotatable bonds is 3. The van der Waals surface area contributed by atoms with E-state index in [2.05, 4.69) is 18.0 Å². The van der Waals surface area contributed by atoms with Crippen LogP contribution in [-0.4, -0.2) is 17.2 Å². The highest BCUT2D eigenvalue weighted by Crippen LogP contribution is 2.45. The van der Waals surface area contributed by atoms with Crippen LogP contribution in [0.1, 0.15) is 62.6 Å². The van der Waals surface area contributed by atoms with Gasteiger partial charge in [0.25, 0.3) is 0 Å². The molecule has 1 aromatic rings. The summed E-state index contributed by atoms with van der Waals surface area (Å²) in [7, 11) is 0. The fourth-order valence-electron chi connectivity index (χ4n) is 4.05. The molecule has 0 bridgehead atoms. The molecule has 2 unspecified atom stereocenters. The Balaban J connectivity index is 1.77. The predicted molar refractivity (Wildman–Crippen MR) is 80.4 cm³/mol. The summed E-state index contributed by atoms with van der Waals surface area (Å²) >= 11 is 0. The molecule has 3 nitrogen and oxygen atoms in total. The summed E-state index contributed by atoms with van der Waals surface area (Å²) < 4.78 is 6.13. The van der Waals surface area contributed by atoms with E-state index >= 15 is 0 Å².